The molecule has 0 radical (unpaired) electrons. The van der Waals surface area contributed by atoms with Gasteiger partial charge in [0, 0.05) is 25.7 Å². The van der Waals surface area contributed by atoms with Crippen LogP contribution in [0, 0.1) is 0 Å². The van der Waals surface area contributed by atoms with Crippen molar-refractivity contribution in [3.8, 4) is 0 Å². The number of hydrogen-bond donors (Lipinski definition) is 0. The fourth-order valence-corrected chi connectivity index (χ4v) is 2.45. The first-order valence-electron chi connectivity index (χ1n) is 6.13. The minimum Gasteiger partial charge on any atom is -0.378 e. The SMILES string of the molecule is CCn1cnc2c(N3CCOCC3)cc(Cl)nc21. The average Bonchev–Trinajstić information content (AvgIpc) is 2.81. The van der Waals surface area contributed by atoms with E-state index in [1.165, 1.54) is 0 Å². The molecule has 0 amide bonds. The molecule has 96 valence electrons. The maximum absolute atomic E-state index is 6.12. The summed E-state index contributed by atoms with van der Waals surface area (Å²) < 4.78 is 7.38. The summed E-state index contributed by atoms with van der Waals surface area (Å²) >= 11 is 6.12. The highest BCUT2D eigenvalue weighted by atomic mass is 35.5. The van der Waals surface area contributed by atoms with Gasteiger partial charge in [-0.05, 0) is 6.92 Å². The summed E-state index contributed by atoms with van der Waals surface area (Å²) in [7, 11) is 0. The normalized spacial score (nSPS) is 16.4. The number of hydrogen-bond acceptors (Lipinski definition) is 4. The van der Waals surface area contributed by atoms with Gasteiger partial charge < -0.3 is 14.2 Å². The van der Waals surface area contributed by atoms with Gasteiger partial charge in [-0.1, -0.05) is 11.6 Å². The van der Waals surface area contributed by atoms with Crippen LogP contribution in [0.25, 0.3) is 11.2 Å². The molecule has 0 spiro atoms. The molecule has 1 fully saturated rings. The van der Waals surface area contributed by atoms with Crippen LogP contribution in [0.5, 0.6) is 0 Å². The Bertz CT molecular complexity index is 562. The van der Waals surface area contributed by atoms with Gasteiger partial charge in [-0.25, -0.2) is 9.97 Å². The van der Waals surface area contributed by atoms with E-state index in [4.69, 9.17) is 16.3 Å². The molecule has 6 heteroatoms. The first-order chi connectivity index (χ1) is 8.79. The molecule has 0 saturated carbocycles. The highest BCUT2D eigenvalue weighted by Crippen LogP contribution is 2.28. The second-order valence-corrected chi connectivity index (χ2v) is 4.65. The van der Waals surface area contributed by atoms with Crippen LogP contribution in [0.1, 0.15) is 6.92 Å². The zero-order valence-corrected chi connectivity index (χ0v) is 11.0. The molecule has 3 rings (SSSR count). The third-order valence-corrected chi connectivity index (χ3v) is 3.41. The van der Waals surface area contributed by atoms with Gasteiger partial charge in [-0.15, -0.1) is 0 Å². The van der Waals surface area contributed by atoms with Crippen molar-refractivity contribution < 1.29 is 4.74 Å². The molecule has 0 unspecified atom stereocenters. The van der Waals surface area contributed by atoms with E-state index in [2.05, 4.69) is 21.8 Å². The largest absolute Gasteiger partial charge is 0.378 e. The molecule has 0 bridgehead atoms. The molecule has 18 heavy (non-hydrogen) atoms. The van der Waals surface area contributed by atoms with Crippen molar-refractivity contribution in [1.82, 2.24) is 14.5 Å². The lowest BCUT2D eigenvalue weighted by Gasteiger charge is -2.29. The smallest absolute Gasteiger partial charge is 0.163 e. The molecule has 0 aliphatic carbocycles. The minimum absolute atomic E-state index is 0.513. The van der Waals surface area contributed by atoms with Crippen molar-refractivity contribution in [2.75, 3.05) is 31.2 Å². The molecule has 5 nitrogen and oxygen atoms in total. The van der Waals surface area contributed by atoms with Crippen LogP contribution >= 0.6 is 11.6 Å². The van der Waals surface area contributed by atoms with Gasteiger partial charge in [0.05, 0.1) is 25.2 Å². The molecule has 0 N–H and O–H groups in total. The summed E-state index contributed by atoms with van der Waals surface area (Å²) in [6.45, 7) is 6.14. The summed E-state index contributed by atoms with van der Waals surface area (Å²) in [6, 6.07) is 1.89. The first-order valence-corrected chi connectivity index (χ1v) is 6.51. The Morgan fingerprint density at radius 1 is 1.39 bits per heavy atom. The van der Waals surface area contributed by atoms with Crippen molar-refractivity contribution in [2.45, 2.75) is 13.5 Å². The quantitative estimate of drug-likeness (QED) is 0.779. The van der Waals surface area contributed by atoms with Crippen LogP contribution in [-0.2, 0) is 11.3 Å². The minimum atomic E-state index is 0.513. The van der Waals surface area contributed by atoms with Gasteiger partial charge >= 0.3 is 0 Å². The summed E-state index contributed by atoms with van der Waals surface area (Å²) in [5.74, 6) is 0. The van der Waals surface area contributed by atoms with E-state index in [1.54, 1.807) is 0 Å². The zero-order chi connectivity index (χ0) is 12.5. The summed E-state index contributed by atoms with van der Waals surface area (Å²) in [5, 5.41) is 0.513. The van der Waals surface area contributed by atoms with Crippen LogP contribution in [0.3, 0.4) is 0 Å². The number of anilines is 1. The molecule has 2 aromatic heterocycles. The first kappa shape index (κ1) is 11.7. The van der Waals surface area contributed by atoms with Gasteiger partial charge in [0.1, 0.15) is 10.7 Å². The molecule has 1 aliphatic heterocycles. The van der Waals surface area contributed by atoms with E-state index < -0.39 is 0 Å². The van der Waals surface area contributed by atoms with E-state index >= 15 is 0 Å². The topological polar surface area (TPSA) is 43.2 Å². The van der Waals surface area contributed by atoms with Crippen molar-refractivity contribution in [2.24, 2.45) is 0 Å². The number of aryl methyl sites for hydroxylation is 1. The van der Waals surface area contributed by atoms with Crippen molar-refractivity contribution in [1.29, 1.82) is 0 Å². The predicted octanol–water partition coefficient (Wildman–Crippen LogP) is 1.94. The van der Waals surface area contributed by atoms with E-state index in [-0.39, 0.29) is 0 Å². The Morgan fingerprint density at radius 3 is 2.89 bits per heavy atom. The third kappa shape index (κ3) is 1.93. The highest BCUT2D eigenvalue weighted by molar-refractivity contribution is 6.30. The monoisotopic (exact) mass is 266 g/mol. The van der Waals surface area contributed by atoms with E-state index in [9.17, 15) is 0 Å². The fourth-order valence-electron chi connectivity index (χ4n) is 2.27. The van der Waals surface area contributed by atoms with E-state index in [1.807, 2.05) is 17.0 Å². The molecular formula is C12H15ClN4O. The number of nitrogens with zero attached hydrogens (tertiary/aromatic N) is 4. The number of imidazole rings is 1. The number of pyridine rings is 1. The number of ether oxygens (including phenoxy) is 1. The number of rotatable bonds is 2. The highest BCUT2D eigenvalue weighted by Gasteiger charge is 2.18. The number of morpholine rings is 1. The Morgan fingerprint density at radius 2 is 2.17 bits per heavy atom. The summed E-state index contributed by atoms with van der Waals surface area (Å²) in [5.41, 5.74) is 2.83. The molecule has 0 atom stereocenters. The fraction of sp³-hybridized carbons (Fsp3) is 0.500. The molecule has 2 aromatic rings. The molecule has 0 aromatic carbocycles. The second kappa shape index (κ2) is 4.74. The molecule has 3 heterocycles. The van der Waals surface area contributed by atoms with E-state index in [0.717, 1.165) is 49.7 Å². The average molecular weight is 267 g/mol. The third-order valence-electron chi connectivity index (χ3n) is 3.21. The van der Waals surface area contributed by atoms with Gasteiger partial charge in [-0.3, -0.25) is 0 Å². The maximum Gasteiger partial charge on any atom is 0.163 e. The van der Waals surface area contributed by atoms with Gasteiger partial charge in [0.25, 0.3) is 0 Å². The van der Waals surface area contributed by atoms with Gasteiger partial charge in [0.15, 0.2) is 5.65 Å². The van der Waals surface area contributed by atoms with E-state index in [0.29, 0.717) is 5.15 Å². The Labute approximate surface area is 110 Å². The number of fused-ring (bicyclic) bond motifs is 1. The second-order valence-electron chi connectivity index (χ2n) is 4.27. The van der Waals surface area contributed by atoms with Crippen LogP contribution in [0.2, 0.25) is 5.15 Å². The Hall–Kier alpha value is -1.33. The summed E-state index contributed by atoms with van der Waals surface area (Å²) in [6.07, 6.45) is 1.82. The van der Waals surface area contributed by atoms with Crippen molar-refractivity contribution in [3.05, 3.63) is 17.5 Å². The maximum atomic E-state index is 6.12. The van der Waals surface area contributed by atoms with Crippen molar-refractivity contribution in [3.63, 3.8) is 0 Å². The lowest BCUT2D eigenvalue weighted by molar-refractivity contribution is 0.123. The van der Waals surface area contributed by atoms with Crippen LogP contribution in [0.4, 0.5) is 5.69 Å². The lowest BCUT2D eigenvalue weighted by Crippen LogP contribution is -2.36. The molecular weight excluding hydrogens is 252 g/mol. The number of halogens is 1. The zero-order valence-electron chi connectivity index (χ0n) is 10.3. The Kier molecular flexibility index (Phi) is 3.09. The van der Waals surface area contributed by atoms with Crippen LogP contribution in [0.15, 0.2) is 12.4 Å². The van der Waals surface area contributed by atoms with Gasteiger partial charge in [-0.2, -0.15) is 0 Å². The standard InChI is InChI=1S/C12H15ClN4O/c1-2-16-8-14-11-9(7-10(13)15-12(11)16)17-3-5-18-6-4-17/h7-8H,2-6H2,1H3. The molecule has 1 aliphatic rings. The van der Waals surface area contributed by atoms with Crippen LogP contribution in [-0.4, -0.2) is 40.8 Å². The van der Waals surface area contributed by atoms with Gasteiger partial charge in [0.2, 0.25) is 0 Å². The Balaban J connectivity index is 2.12. The lowest BCUT2D eigenvalue weighted by atomic mass is 10.3. The predicted molar refractivity (Wildman–Crippen MR) is 71.2 cm³/mol. The summed E-state index contributed by atoms with van der Waals surface area (Å²) in [4.78, 5) is 11.1. The van der Waals surface area contributed by atoms with Crippen LogP contribution < -0.4 is 4.90 Å². The van der Waals surface area contributed by atoms with Crippen molar-refractivity contribution >= 4 is 28.5 Å². The molecule has 1 saturated heterocycles. The number of aromatic nitrogens is 3.